The van der Waals surface area contributed by atoms with Crippen LogP contribution in [0, 0.1) is 18.6 Å². The molecule has 2 aromatic heterocycles. The second-order valence-corrected chi connectivity index (χ2v) is 8.30. The predicted octanol–water partition coefficient (Wildman–Crippen LogP) is 4.72. The third-order valence-corrected chi connectivity index (χ3v) is 5.84. The molecule has 2 N–H and O–H groups in total. The van der Waals surface area contributed by atoms with Crippen molar-refractivity contribution >= 4 is 17.2 Å². The maximum absolute atomic E-state index is 14.5. The lowest BCUT2D eigenvalue weighted by molar-refractivity contribution is 0.0950. The van der Waals surface area contributed by atoms with Gasteiger partial charge in [0.25, 0.3) is 5.91 Å². The van der Waals surface area contributed by atoms with Gasteiger partial charge in [-0.25, -0.2) is 9.50 Å². The fraction of sp³-hybridized carbons (Fsp3) is 0.240. The van der Waals surface area contributed by atoms with Crippen LogP contribution in [0.2, 0.25) is 0 Å². The number of ether oxygens (including phenoxy) is 2. The Kier molecular flexibility index (Phi) is 5.72. The number of halogens is 2. The number of aryl methyl sites for hydroxylation is 1. The van der Waals surface area contributed by atoms with Crippen LogP contribution in [-0.2, 0) is 0 Å². The first-order valence-corrected chi connectivity index (χ1v) is 11.1. The van der Waals surface area contributed by atoms with Gasteiger partial charge in [-0.2, -0.15) is 8.78 Å². The summed E-state index contributed by atoms with van der Waals surface area (Å²) in [4.78, 5) is 16.9. The zero-order valence-electron chi connectivity index (χ0n) is 19.4. The van der Waals surface area contributed by atoms with Crippen molar-refractivity contribution in [2.75, 3.05) is 19.5 Å². The first kappa shape index (κ1) is 22.6. The molecule has 2 heterocycles. The van der Waals surface area contributed by atoms with E-state index in [1.165, 1.54) is 19.2 Å². The lowest BCUT2D eigenvalue weighted by Crippen LogP contribution is -2.26. The van der Waals surface area contributed by atoms with Crippen molar-refractivity contribution in [2.45, 2.75) is 25.8 Å². The van der Waals surface area contributed by atoms with E-state index in [4.69, 9.17) is 9.47 Å². The lowest BCUT2D eigenvalue weighted by atomic mass is 10.0. The third kappa shape index (κ3) is 4.23. The Labute approximate surface area is 199 Å². The maximum Gasteiger partial charge on any atom is 0.251 e. The van der Waals surface area contributed by atoms with Gasteiger partial charge >= 0.3 is 0 Å². The van der Waals surface area contributed by atoms with Crippen LogP contribution in [0.1, 0.15) is 28.8 Å². The number of hydrogen-bond donors (Lipinski definition) is 2. The van der Waals surface area contributed by atoms with E-state index in [1.807, 2.05) is 19.1 Å². The number of hydrogen-bond acceptors (Lipinski definition) is 6. The molecule has 1 aliphatic carbocycles. The van der Waals surface area contributed by atoms with E-state index in [0.29, 0.717) is 22.6 Å². The molecule has 0 saturated heterocycles. The molecule has 4 aromatic rings. The monoisotopic (exact) mass is 479 g/mol. The van der Waals surface area contributed by atoms with E-state index in [9.17, 15) is 13.6 Å². The zero-order valence-corrected chi connectivity index (χ0v) is 19.4. The molecule has 1 aliphatic rings. The number of carbonyl (C=O) groups excluding carboxylic acids is 1. The van der Waals surface area contributed by atoms with Crippen LogP contribution < -0.4 is 20.1 Å². The van der Waals surface area contributed by atoms with Gasteiger partial charge in [0.15, 0.2) is 17.1 Å². The van der Waals surface area contributed by atoms with Crippen molar-refractivity contribution in [3.63, 3.8) is 0 Å². The van der Waals surface area contributed by atoms with Gasteiger partial charge in [-0.05, 0) is 49.6 Å². The summed E-state index contributed by atoms with van der Waals surface area (Å²) in [5.74, 6) is -2.95. The normalized spacial score (nSPS) is 13.1. The van der Waals surface area contributed by atoms with Gasteiger partial charge in [0, 0.05) is 30.3 Å². The summed E-state index contributed by atoms with van der Waals surface area (Å²) in [5.41, 5.74) is 3.94. The van der Waals surface area contributed by atoms with Crippen molar-refractivity contribution in [2.24, 2.45) is 0 Å². The quantitative estimate of drug-likeness (QED) is 0.399. The summed E-state index contributed by atoms with van der Waals surface area (Å²) in [6.45, 7) is 1.87. The first-order chi connectivity index (χ1) is 16.9. The van der Waals surface area contributed by atoms with Crippen molar-refractivity contribution in [3.8, 4) is 28.6 Å². The fourth-order valence-electron chi connectivity index (χ4n) is 3.81. The van der Waals surface area contributed by atoms with E-state index in [2.05, 4.69) is 20.7 Å². The van der Waals surface area contributed by atoms with Crippen LogP contribution in [0.25, 0.3) is 16.9 Å². The Morgan fingerprint density at radius 1 is 1.11 bits per heavy atom. The molecule has 1 amide bonds. The van der Waals surface area contributed by atoms with Crippen LogP contribution in [0.15, 0.2) is 42.6 Å². The minimum atomic E-state index is -1.18. The number of amides is 1. The third-order valence-electron chi connectivity index (χ3n) is 5.84. The molecule has 1 fully saturated rings. The Morgan fingerprint density at radius 3 is 2.54 bits per heavy atom. The highest BCUT2D eigenvalue weighted by molar-refractivity contribution is 5.96. The van der Waals surface area contributed by atoms with E-state index >= 15 is 0 Å². The summed E-state index contributed by atoms with van der Waals surface area (Å²) in [7, 11) is 2.96. The van der Waals surface area contributed by atoms with Gasteiger partial charge in [0.1, 0.15) is 0 Å². The molecule has 2 aromatic carbocycles. The van der Waals surface area contributed by atoms with Gasteiger partial charge in [0.05, 0.1) is 24.7 Å². The van der Waals surface area contributed by atoms with Crippen LogP contribution in [0.3, 0.4) is 0 Å². The van der Waals surface area contributed by atoms with Crippen molar-refractivity contribution in [3.05, 3.63) is 65.4 Å². The highest BCUT2D eigenvalue weighted by atomic mass is 19.2. The zero-order chi connectivity index (χ0) is 24.7. The molecule has 0 spiro atoms. The van der Waals surface area contributed by atoms with E-state index in [1.54, 1.807) is 29.9 Å². The Hall–Kier alpha value is -4.21. The number of fused-ring (bicyclic) bond motifs is 1. The Bertz CT molecular complexity index is 1450. The molecule has 1 saturated carbocycles. The maximum atomic E-state index is 14.5. The van der Waals surface area contributed by atoms with Gasteiger partial charge in [0.2, 0.25) is 17.5 Å². The largest absolute Gasteiger partial charge is 0.494 e. The number of rotatable bonds is 7. The van der Waals surface area contributed by atoms with Crippen LogP contribution in [-0.4, -0.2) is 40.7 Å². The molecule has 35 heavy (non-hydrogen) atoms. The minimum Gasteiger partial charge on any atom is -0.494 e. The number of aromatic nitrogens is 3. The highest BCUT2D eigenvalue weighted by Crippen LogP contribution is 2.33. The van der Waals surface area contributed by atoms with Gasteiger partial charge in [-0.15, -0.1) is 5.10 Å². The van der Waals surface area contributed by atoms with E-state index in [0.717, 1.165) is 24.0 Å². The van der Waals surface area contributed by atoms with E-state index in [-0.39, 0.29) is 29.3 Å². The molecule has 0 atom stereocenters. The molecule has 180 valence electrons. The number of nitrogens with one attached hydrogen (secondary N) is 2. The molecule has 0 aliphatic heterocycles. The first-order valence-electron chi connectivity index (χ1n) is 11.1. The fourth-order valence-corrected chi connectivity index (χ4v) is 3.81. The van der Waals surface area contributed by atoms with Gasteiger partial charge < -0.3 is 20.1 Å². The molecule has 0 bridgehead atoms. The summed E-state index contributed by atoms with van der Waals surface area (Å²) in [5, 5.41) is 10.5. The van der Waals surface area contributed by atoms with Crippen LogP contribution >= 0.6 is 0 Å². The second kappa shape index (κ2) is 8.86. The number of benzene rings is 2. The molecule has 8 nitrogen and oxygen atoms in total. The molecule has 0 radical (unpaired) electrons. The standard InChI is InChI=1S/C25H23F2N5O3/c1-13-10-14(4-7-16(13)25(33)30-15-5-6-15)18-12-29-24-17(28-2)11-21(31-32(18)24)35-20-9-8-19(34-3)22(26)23(20)27/h4,7-12,15,28H,5-6H2,1-3H3,(H,30,33). The smallest absolute Gasteiger partial charge is 0.251 e. The summed E-state index contributed by atoms with van der Waals surface area (Å²) in [6, 6.07) is 9.85. The number of nitrogens with zero attached hydrogens (tertiary/aromatic N) is 3. The number of methoxy groups -OCH3 is 1. The van der Waals surface area contributed by atoms with Gasteiger partial charge in [-0.1, -0.05) is 6.07 Å². The highest BCUT2D eigenvalue weighted by Gasteiger charge is 2.25. The molecule has 10 heteroatoms. The topological polar surface area (TPSA) is 89.8 Å². The minimum absolute atomic E-state index is 0.0294. The average Bonchev–Trinajstić information content (AvgIpc) is 3.56. The predicted molar refractivity (Wildman–Crippen MR) is 126 cm³/mol. The van der Waals surface area contributed by atoms with Crippen molar-refractivity contribution in [1.29, 1.82) is 0 Å². The lowest BCUT2D eigenvalue weighted by Gasteiger charge is -2.12. The van der Waals surface area contributed by atoms with Crippen LogP contribution in [0.5, 0.6) is 17.4 Å². The van der Waals surface area contributed by atoms with Crippen molar-refractivity contribution in [1.82, 2.24) is 19.9 Å². The molecule has 0 unspecified atom stereocenters. The number of carbonyl (C=O) groups is 1. The summed E-state index contributed by atoms with van der Waals surface area (Å²) in [6.07, 6.45) is 3.68. The number of imidazole rings is 1. The summed E-state index contributed by atoms with van der Waals surface area (Å²) < 4.78 is 40.6. The molecular weight excluding hydrogens is 456 g/mol. The van der Waals surface area contributed by atoms with Gasteiger partial charge in [-0.3, -0.25) is 4.79 Å². The summed E-state index contributed by atoms with van der Waals surface area (Å²) >= 11 is 0. The molecular formula is C25H23F2N5O3. The average molecular weight is 479 g/mol. The molecule has 5 rings (SSSR count). The SMILES string of the molecule is CNc1cc(Oc2ccc(OC)c(F)c2F)nn2c(-c3ccc(C(=O)NC4CC4)c(C)c3)cnc12. The van der Waals surface area contributed by atoms with E-state index < -0.39 is 11.6 Å². The second-order valence-electron chi connectivity index (χ2n) is 8.30. The number of anilines is 1. The Balaban J connectivity index is 1.52. The Morgan fingerprint density at radius 2 is 1.86 bits per heavy atom. The van der Waals surface area contributed by atoms with Crippen molar-refractivity contribution < 1.29 is 23.0 Å². The van der Waals surface area contributed by atoms with Crippen LogP contribution in [0.4, 0.5) is 14.5 Å².